The molecule has 2 heterocycles. The molecule has 11 heteroatoms. The Morgan fingerprint density at radius 3 is 2.46 bits per heavy atom. The molecular formula is C13H9F3N6O2. The highest BCUT2D eigenvalue weighted by molar-refractivity contribution is 5.20. The number of aryl methyl sites for hydroxylation is 1. The standard InChI is InChI=1S/C13H9F3N6O2/c1-7-18-12(23)22(21-3-2-17-19-21)13(24)20(7)6-8-4-10(15)11(16)5-9(8)14/h2-5H,6H2,1H3. The summed E-state index contributed by atoms with van der Waals surface area (Å²) in [6, 6.07) is 1.02. The number of hydrogen-bond donors (Lipinski definition) is 0. The van der Waals surface area contributed by atoms with Gasteiger partial charge in [-0.15, -0.1) is 14.6 Å². The molecule has 0 unspecified atom stereocenters. The number of halogens is 3. The van der Waals surface area contributed by atoms with Crippen molar-refractivity contribution in [1.82, 2.24) is 29.3 Å². The molecule has 0 bridgehead atoms. The summed E-state index contributed by atoms with van der Waals surface area (Å²) in [5.41, 5.74) is -2.07. The van der Waals surface area contributed by atoms with E-state index in [1.54, 1.807) is 0 Å². The Morgan fingerprint density at radius 1 is 1.08 bits per heavy atom. The Morgan fingerprint density at radius 2 is 1.79 bits per heavy atom. The lowest BCUT2D eigenvalue weighted by molar-refractivity contribution is 0.448. The van der Waals surface area contributed by atoms with E-state index in [0.717, 1.165) is 9.36 Å². The molecule has 0 aliphatic carbocycles. The Labute approximate surface area is 131 Å². The largest absolute Gasteiger partial charge is 0.374 e. The Hall–Kier alpha value is -3.24. The molecule has 2 aromatic heterocycles. The highest BCUT2D eigenvalue weighted by Gasteiger charge is 2.16. The SMILES string of the molecule is Cc1nc(=O)n(-n2ccnn2)c(=O)n1Cc1cc(F)c(F)cc1F. The first-order valence-corrected chi connectivity index (χ1v) is 6.59. The number of hydrogen-bond acceptors (Lipinski definition) is 5. The Balaban J connectivity index is 2.16. The fraction of sp³-hybridized carbons (Fsp3) is 0.154. The lowest BCUT2D eigenvalue weighted by Gasteiger charge is -2.12. The molecule has 0 saturated heterocycles. The summed E-state index contributed by atoms with van der Waals surface area (Å²) < 4.78 is 41.6. The normalized spacial score (nSPS) is 11.0. The van der Waals surface area contributed by atoms with Crippen molar-refractivity contribution in [1.29, 1.82) is 0 Å². The molecule has 0 N–H and O–H groups in total. The van der Waals surface area contributed by atoms with Gasteiger partial charge in [-0.3, -0.25) is 4.57 Å². The van der Waals surface area contributed by atoms with Crippen LogP contribution in [0.25, 0.3) is 0 Å². The van der Waals surface area contributed by atoms with Gasteiger partial charge in [-0.2, -0.15) is 4.98 Å². The van der Waals surface area contributed by atoms with Gasteiger partial charge in [0.1, 0.15) is 11.6 Å². The first-order valence-electron chi connectivity index (χ1n) is 6.59. The lowest BCUT2D eigenvalue weighted by Crippen LogP contribution is -2.46. The maximum atomic E-state index is 13.8. The molecule has 0 spiro atoms. The van der Waals surface area contributed by atoms with Crippen LogP contribution in [0.4, 0.5) is 13.2 Å². The zero-order valence-electron chi connectivity index (χ0n) is 12.2. The quantitative estimate of drug-likeness (QED) is 0.631. The molecule has 0 atom stereocenters. The minimum Gasteiger partial charge on any atom is -0.275 e. The summed E-state index contributed by atoms with van der Waals surface area (Å²) in [4.78, 5) is 28.9. The van der Waals surface area contributed by atoms with Gasteiger partial charge in [0.15, 0.2) is 11.6 Å². The molecule has 1 aromatic carbocycles. The third-order valence-electron chi connectivity index (χ3n) is 3.27. The van der Waals surface area contributed by atoms with E-state index in [9.17, 15) is 22.8 Å². The van der Waals surface area contributed by atoms with Crippen molar-refractivity contribution in [3.05, 3.63) is 74.3 Å². The van der Waals surface area contributed by atoms with Crippen molar-refractivity contribution in [3.8, 4) is 0 Å². The van der Waals surface area contributed by atoms with Crippen molar-refractivity contribution < 1.29 is 13.2 Å². The molecule has 0 fully saturated rings. The van der Waals surface area contributed by atoms with Crippen LogP contribution in [0.15, 0.2) is 34.1 Å². The molecule has 124 valence electrons. The van der Waals surface area contributed by atoms with Gasteiger partial charge in [0, 0.05) is 11.6 Å². The number of nitrogens with zero attached hydrogens (tertiary/aromatic N) is 6. The van der Waals surface area contributed by atoms with E-state index in [1.165, 1.54) is 19.3 Å². The minimum atomic E-state index is -1.34. The smallest absolute Gasteiger partial charge is 0.275 e. The maximum absolute atomic E-state index is 13.8. The van der Waals surface area contributed by atoms with E-state index in [2.05, 4.69) is 15.3 Å². The van der Waals surface area contributed by atoms with Crippen molar-refractivity contribution in [2.75, 3.05) is 0 Å². The highest BCUT2D eigenvalue weighted by atomic mass is 19.2. The molecule has 24 heavy (non-hydrogen) atoms. The first kappa shape index (κ1) is 15.6. The molecule has 0 amide bonds. The monoisotopic (exact) mass is 338 g/mol. The van der Waals surface area contributed by atoms with Crippen LogP contribution in [0.3, 0.4) is 0 Å². The van der Waals surface area contributed by atoms with Gasteiger partial charge in [0.2, 0.25) is 0 Å². The van der Waals surface area contributed by atoms with Crippen LogP contribution in [-0.4, -0.2) is 29.3 Å². The zero-order valence-corrected chi connectivity index (χ0v) is 12.2. The summed E-state index contributed by atoms with van der Waals surface area (Å²) in [6.07, 6.45) is 2.48. The van der Waals surface area contributed by atoms with Gasteiger partial charge in [-0.25, -0.2) is 22.8 Å². The molecule has 0 aliphatic rings. The van der Waals surface area contributed by atoms with E-state index in [-0.39, 0.29) is 11.4 Å². The van der Waals surface area contributed by atoms with Crippen LogP contribution < -0.4 is 11.4 Å². The summed E-state index contributed by atoms with van der Waals surface area (Å²) in [7, 11) is 0. The van der Waals surface area contributed by atoms with E-state index in [0.29, 0.717) is 16.8 Å². The van der Waals surface area contributed by atoms with Gasteiger partial charge >= 0.3 is 11.4 Å². The molecule has 3 rings (SSSR count). The first-order chi connectivity index (χ1) is 11.4. The average molecular weight is 338 g/mol. The second-order valence-corrected chi connectivity index (χ2v) is 4.80. The molecule has 3 aromatic rings. The van der Waals surface area contributed by atoms with Crippen LogP contribution in [-0.2, 0) is 6.54 Å². The van der Waals surface area contributed by atoms with Crippen LogP contribution >= 0.6 is 0 Å². The van der Waals surface area contributed by atoms with E-state index >= 15 is 0 Å². The van der Waals surface area contributed by atoms with Crippen LogP contribution in [0.5, 0.6) is 0 Å². The maximum Gasteiger partial charge on any atom is 0.374 e. The molecule has 8 nitrogen and oxygen atoms in total. The lowest BCUT2D eigenvalue weighted by atomic mass is 10.2. The van der Waals surface area contributed by atoms with Crippen LogP contribution in [0.2, 0.25) is 0 Å². The van der Waals surface area contributed by atoms with Crippen LogP contribution in [0, 0.1) is 24.4 Å². The number of rotatable bonds is 3. The summed E-state index contributed by atoms with van der Waals surface area (Å²) in [5.74, 6) is -3.65. The summed E-state index contributed by atoms with van der Waals surface area (Å²) in [6.45, 7) is 0.905. The van der Waals surface area contributed by atoms with Crippen molar-refractivity contribution in [3.63, 3.8) is 0 Å². The van der Waals surface area contributed by atoms with E-state index in [4.69, 9.17) is 0 Å². The van der Waals surface area contributed by atoms with E-state index < -0.39 is 35.4 Å². The summed E-state index contributed by atoms with van der Waals surface area (Å²) >= 11 is 0. The molecule has 0 saturated carbocycles. The van der Waals surface area contributed by atoms with Crippen LogP contribution in [0.1, 0.15) is 11.4 Å². The van der Waals surface area contributed by atoms with Crippen molar-refractivity contribution in [2.45, 2.75) is 13.5 Å². The summed E-state index contributed by atoms with van der Waals surface area (Å²) in [5, 5.41) is 7.00. The fourth-order valence-corrected chi connectivity index (χ4v) is 2.10. The van der Waals surface area contributed by atoms with Gasteiger partial charge in [-0.1, -0.05) is 0 Å². The van der Waals surface area contributed by atoms with Crippen molar-refractivity contribution >= 4 is 0 Å². The number of aromatic nitrogens is 6. The fourth-order valence-electron chi connectivity index (χ4n) is 2.10. The molecule has 0 aliphatic heterocycles. The van der Waals surface area contributed by atoms with Crippen molar-refractivity contribution in [2.24, 2.45) is 0 Å². The predicted octanol–water partition coefficient (Wildman–Crippen LogP) is 0.0819. The molecular weight excluding hydrogens is 329 g/mol. The number of benzene rings is 1. The second kappa shape index (κ2) is 5.76. The third kappa shape index (κ3) is 2.59. The highest BCUT2D eigenvalue weighted by Crippen LogP contribution is 2.14. The van der Waals surface area contributed by atoms with Gasteiger partial charge in [0.05, 0.1) is 18.9 Å². The average Bonchev–Trinajstić information content (AvgIpc) is 3.02. The topological polar surface area (TPSA) is 87.6 Å². The zero-order chi connectivity index (χ0) is 17.4. The third-order valence-corrected chi connectivity index (χ3v) is 3.27. The second-order valence-electron chi connectivity index (χ2n) is 4.80. The van der Waals surface area contributed by atoms with E-state index in [1.807, 2.05) is 0 Å². The van der Waals surface area contributed by atoms with Gasteiger partial charge in [0.25, 0.3) is 0 Å². The Kier molecular flexibility index (Phi) is 3.75. The van der Waals surface area contributed by atoms with Gasteiger partial charge < -0.3 is 0 Å². The predicted molar refractivity (Wildman–Crippen MR) is 73.7 cm³/mol. The minimum absolute atomic E-state index is 0.0227. The van der Waals surface area contributed by atoms with Gasteiger partial charge in [-0.05, 0) is 18.2 Å². The molecule has 0 radical (unpaired) electrons. The Bertz CT molecular complexity index is 1030.